The number of carbonyl (C=O) groups is 2. The number of hydrogen-bond donors (Lipinski definition) is 2. The lowest BCUT2D eigenvalue weighted by molar-refractivity contribution is -0.117. The number of aryl methyl sites for hydroxylation is 1. The highest BCUT2D eigenvalue weighted by Gasteiger charge is 2.27. The minimum atomic E-state index is -0.0972. The highest BCUT2D eigenvalue weighted by atomic mass is 32.1. The summed E-state index contributed by atoms with van der Waals surface area (Å²) in [7, 11) is 0. The van der Waals surface area contributed by atoms with E-state index in [2.05, 4.69) is 44.7 Å². The van der Waals surface area contributed by atoms with Crippen LogP contribution >= 0.6 is 11.3 Å². The molecule has 5 rings (SSSR count). The van der Waals surface area contributed by atoms with Gasteiger partial charge >= 0.3 is 0 Å². The van der Waals surface area contributed by atoms with Crippen molar-refractivity contribution in [3.8, 4) is 0 Å². The molecular formula is C28H32N4O2S. The summed E-state index contributed by atoms with van der Waals surface area (Å²) >= 11 is 1.58. The van der Waals surface area contributed by atoms with Gasteiger partial charge in [0.25, 0.3) is 5.91 Å². The van der Waals surface area contributed by atoms with Crippen molar-refractivity contribution in [2.24, 2.45) is 0 Å². The maximum Gasteiger partial charge on any atom is 0.254 e. The number of nitrogens with one attached hydrogen (secondary N) is 2. The number of fused-ring (bicyclic) bond motifs is 1. The molecule has 2 aliphatic rings. The molecular weight excluding hydrogens is 456 g/mol. The first kappa shape index (κ1) is 23.6. The van der Waals surface area contributed by atoms with Gasteiger partial charge in [0.1, 0.15) is 5.00 Å². The van der Waals surface area contributed by atoms with E-state index in [4.69, 9.17) is 0 Å². The number of nitrogens with zero attached hydrogens (tertiary/aromatic N) is 2. The number of anilines is 2. The highest BCUT2D eigenvalue weighted by molar-refractivity contribution is 7.17. The summed E-state index contributed by atoms with van der Waals surface area (Å²) in [6, 6.07) is 20.3. The number of benzene rings is 2. The number of rotatable bonds is 7. The van der Waals surface area contributed by atoms with Crippen LogP contribution in [0.1, 0.15) is 39.2 Å². The Bertz CT molecular complexity index is 1150. The topological polar surface area (TPSA) is 64.7 Å². The van der Waals surface area contributed by atoms with E-state index in [0.29, 0.717) is 23.7 Å². The Kier molecular flexibility index (Phi) is 7.45. The third-order valence-electron chi connectivity index (χ3n) is 6.81. The van der Waals surface area contributed by atoms with Gasteiger partial charge in [-0.25, -0.2) is 0 Å². The Labute approximate surface area is 210 Å². The van der Waals surface area contributed by atoms with Crippen LogP contribution in [0.25, 0.3) is 0 Å². The van der Waals surface area contributed by atoms with Crippen LogP contribution in [0.3, 0.4) is 0 Å². The number of thiophene rings is 1. The summed E-state index contributed by atoms with van der Waals surface area (Å²) in [5.41, 5.74) is 4.08. The molecule has 0 bridgehead atoms. The molecule has 2 N–H and O–H groups in total. The fourth-order valence-electron chi connectivity index (χ4n) is 4.93. The van der Waals surface area contributed by atoms with Crippen LogP contribution < -0.4 is 15.5 Å². The molecule has 2 aromatic carbocycles. The zero-order valence-corrected chi connectivity index (χ0v) is 20.8. The molecule has 1 saturated heterocycles. The van der Waals surface area contributed by atoms with Crippen molar-refractivity contribution in [2.45, 2.75) is 32.2 Å². The number of hydrogen-bond acceptors (Lipinski definition) is 5. The van der Waals surface area contributed by atoms with Gasteiger partial charge in [-0.1, -0.05) is 48.5 Å². The van der Waals surface area contributed by atoms with Crippen molar-refractivity contribution in [1.29, 1.82) is 0 Å². The van der Waals surface area contributed by atoms with Gasteiger partial charge in [0, 0.05) is 43.3 Å². The molecule has 1 aliphatic carbocycles. The summed E-state index contributed by atoms with van der Waals surface area (Å²) in [4.78, 5) is 32.0. The van der Waals surface area contributed by atoms with Gasteiger partial charge in [0.15, 0.2) is 0 Å². The number of piperazine rings is 1. The third-order valence-corrected chi connectivity index (χ3v) is 8.02. The molecule has 0 radical (unpaired) electrons. The molecule has 0 unspecified atom stereocenters. The highest BCUT2D eigenvalue weighted by Crippen LogP contribution is 2.38. The van der Waals surface area contributed by atoms with Gasteiger partial charge in [-0.15, -0.1) is 11.3 Å². The molecule has 2 amide bonds. The van der Waals surface area contributed by atoms with E-state index in [1.165, 1.54) is 10.6 Å². The lowest BCUT2D eigenvalue weighted by atomic mass is 9.95. The minimum Gasteiger partial charge on any atom is -0.369 e. The predicted molar refractivity (Wildman–Crippen MR) is 142 cm³/mol. The largest absolute Gasteiger partial charge is 0.369 e. The van der Waals surface area contributed by atoms with Crippen LogP contribution in [0.15, 0.2) is 60.7 Å². The maximum absolute atomic E-state index is 13.2. The van der Waals surface area contributed by atoms with Gasteiger partial charge < -0.3 is 15.5 Å². The molecule has 1 fully saturated rings. The lowest BCUT2D eigenvalue weighted by Gasteiger charge is -2.35. The van der Waals surface area contributed by atoms with Gasteiger partial charge in [-0.2, -0.15) is 0 Å². The first-order valence-corrected chi connectivity index (χ1v) is 13.3. The zero-order chi connectivity index (χ0) is 24.0. The zero-order valence-electron chi connectivity index (χ0n) is 20.0. The van der Waals surface area contributed by atoms with Gasteiger partial charge in [-0.05, 0) is 48.9 Å². The van der Waals surface area contributed by atoms with Crippen LogP contribution in [0.5, 0.6) is 0 Å². The Morgan fingerprint density at radius 3 is 2.29 bits per heavy atom. The molecule has 0 spiro atoms. The predicted octanol–water partition coefficient (Wildman–Crippen LogP) is 4.32. The monoisotopic (exact) mass is 488 g/mol. The third kappa shape index (κ3) is 5.74. The molecule has 0 atom stereocenters. The van der Waals surface area contributed by atoms with E-state index in [9.17, 15) is 9.59 Å². The Morgan fingerprint density at radius 1 is 0.857 bits per heavy atom. The van der Waals surface area contributed by atoms with E-state index in [1.54, 1.807) is 11.3 Å². The number of carbonyl (C=O) groups excluding carboxylic acids is 2. The molecule has 182 valence electrons. The summed E-state index contributed by atoms with van der Waals surface area (Å²) in [5.74, 6) is -0.145. The van der Waals surface area contributed by atoms with Gasteiger partial charge in [-0.3, -0.25) is 14.5 Å². The van der Waals surface area contributed by atoms with E-state index in [-0.39, 0.29) is 11.8 Å². The van der Waals surface area contributed by atoms with Crippen molar-refractivity contribution in [1.82, 2.24) is 10.2 Å². The average molecular weight is 489 g/mol. The molecule has 6 nitrogen and oxygen atoms in total. The standard InChI is InChI=1S/C28H32N4O2S/c33-25(20-31-15-17-32(18-16-31)22-11-5-2-6-12-22)30-28-26(23-13-7-8-14-24(23)35-28)27(34)29-19-21-9-3-1-4-10-21/h1-6,9-12H,7-8,13-20H2,(H,29,34)(H,30,33). The maximum atomic E-state index is 13.2. The second kappa shape index (κ2) is 11.1. The number of para-hydroxylation sites is 1. The summed E-state index contributed by atoms with van der Waals surface area (Å²) < 4.78 is 0. The van der Waals surface area contributed by atoms with Crippen LogP contribution in [-0.2, 0) is 24.2 Å². The van der Waals surface area contributed by atoms with Crippen LogP contribution in [0, 0.1) is 0 Å². The van der Waals surface area contributed by atoms with E-state index in [1.807, 2.05) is 36.4 Å². The van der Waals surface area contributed by atoms with Crippen molar-refractivity contribution in [3.05, 3.63) is 82.2 Å². The Balaban J connectivity index is 1.22. The van der Waals surface area contributed by atoms with Crippen LogP contribution in [-0.4, -0.2) is 49.4 Å². The molecule has 0 saturated carbocycles. The first-order valence-electron chi connectivity index (χ1n) is 12.5. The summed E-state index contributed by atoms with van der Waals surface area (Å²) in [6.45, 7) is 4.30. The van der Waals surface area contributed by atoms with E-state index < -0.39 is 0 Å². The molecule has 7 heteroatoms. The second-order valence-corrected chi connectivity index (χ2v) is 10.3. The van der Waals surface area contributed by atoms with Crippen molar-refractivity contribution < 1.29 is 9.59 Å². The van der Waals surface area contributed by atoms with Gasteiger partial charge in [0.05, 0.1) is 12.1 Å². The summed E-state index contributed by atoms with van der Waals surface area (Å²) in [6.07, 6.45) is 4.10. The van der Waals surface area contributed by atoms with E-state index >= 15 is 0 Å². The average Bonchev–Trinajstić information content (AvgIpc) is 3.26. The Morgan fingerprint density at radius 2 is 1.54 bits per heavy atom. The van der Waals surface area contributed by atoms with Crippen LogP contribution in [0.2, 0.25) is 0 Å². The molecule has 1 aliphatic heterocycles. The minimum absolute atomic E-state index is 0.0473. The molecule has 3 aromatic rings. The quantitative estimate of drug-likeness (QED) is 0.520. The SMILES string of the molecule is O=C(CN1CCN(c2ccccc2)CC1)Nc1sc2c(c1C(=O)NCc1ccccc1)CCCC2. The summed E-state index contributed by atoms with van der Waals surface area (Å²) in [5, 5.41) is 6.87. The molecule has 2 heterocycles. The van der Waals surface area contributed by atoms with Crippen molar-refractivity contribution in [2.75, 3.05) is 42.9 Å². The van der Waals surface area contributed by atoms with E-state index in [0.717, 1.165) is 63.0 Å². The fraction of sp³-hybridized carbons (Fsp3) is 0.357. The number of amides is 2. The first-order chi connectivity index (χ1) is 17.2. The van der Waals surface area contributed by atoms with Crippen molar-refractivity contribution in [3.63, 3.8) is 0 Å². The lowest BCUT2D eigenvalue weighted by Crippen LogP contribution is -2.48. The smallest absolute Gasteiger partial charge is 0.254 e. The Hall–Kier alpha value is -3.16. The van der Waals surface area contributed by atoms with Gasteiger partial charge in [0.2, 0.25) is 5.91 Å². The normalized spacial score (nSPS) is 15.9. The molecule has 35 heavy (non-hydrogen) atoms. The van der Waals surface area contributed by atoms with Crippen LogP contribution in [0.4, 0.5) is 10.7 Å². The van der Waals surface area contributed by atoms with Crippen molar-refractivity contribution >= 4 is 33.8 Å². The molecule has 1 aromatic heterocycles. The second-order valence-electron chi connectivity index (χ2n) is 9.23. The fourth-order valence-corrected chi connectivity index (χ4v) is 6.24.